The Balaban J connectivity index is 1.61. The second-order valence-corrected chi connectivity index (χ2v) is 15.5. The van der Waals surface area contributed by atoms with Gasteiger partial charge in [0.25, 0.3) is 0 Å². The van der Waals surface area contributed by atoms with E-state index in [2.05, 4.69) is 15.6 Å². The summed E-state index contributed by atoms with van der Waals surface area (Å²) in [7, 11) is 3.52. The number of rotatable bonds is 12. The van der Waals surface area contributed by atoms with Gasteiger partial charge in [-0.25, -0.2) is 0 Å². The van der Waals surface area contributed by atoms with Crippen molar-refractivity contribution in [2.75, 3.05) is 33.8 Å². The van der Waals surface area contributed by atoms with Crippen molar-refractivity contribution in [2.24, 2.45) is 23.7 Å². The summed E-state index contributed by atoms with van der Waals surface area (Å²) in [6, 6.07) is 9.13. The Morgan fingerprint density at radius 3 is 2.44 bits per heavy atom. The highest BCUT2D eigenvalue weighted by molar-refractivity contribution is 5.91. The molecule has 0 unspecified atom stereocenters. The molecule has 0 radical (unpaired) electrons. The molecule has 0 amide bonds. The van der Waals surface area contributed by atoms with Gasteiger partial charge < -0.3 is 44.9 Å². The van der Waals surface area contributed by atoms with Gasteiger partial charge in [-0.3, -0.25) is 14.3 Å². The Bertz CT molecular complexity index is 1550. The van der Waals surface area contributed by atoms with E-state index in [9.17, 15) is 30.0 Å². The minimum Gasteiger partial charge on any atom is -0.462 e. The molecule has 1 aromatic carbocycles. The van der Waals surface area contributed by atoms with Crippen LogP contribution in [-0.2, 0) is 30.3 Å². The first-order valence-electron chi connectivity index (χ1n) is 19.6. The van der Waals surface area contributed by atoms with Crippen molar-refractivity contribution >= 4 is 11.8 Å². The fourth-order valence-electron chi connectivity index (χ4n) is 7.61. The molecule has 14 heteroatoms. The Morgan fingerprint density at radius 2 is 1.76 bits per heavy atom. The van der Waals surface area contributed by atoms with E-state index in [0.29, 0.717) is 38.9 Å². The zero-order valence-electron chi connectivity index (χ0n) is 33.4. The molecular weight excluding hydrogens is 706 g/mol. The van der Waals surface area contributed by atoms with Crippen LogP contribution in [0.4, 0.5) is 0 Å². The van der Waals surface area contributed by atoms with Crippen LogP contribution >= 0.6 is 0 Å². The number of cyclic esters (lactones) is 1. The summed E-state index contributed by atoms with van der Waals surface area (Å²) in [5, 5.41) is 56.2. The second kappa shape index (κ2) is 21.3. The fourth-order valence-corrected chi connectivity index (χ4v) is 7.61. The molecule has 0 aliphatic carbocycles. The van der Waals surface area contributed by atoms with Crippen molar-refractivity contribution in [1.82, 2.24) is 25.2 Å². The summed E-state index contributed by atoms with van der Waals surface area (Å²) in [5.41, 5.74) is 2.51. The fraction of sp³-hybridized carbons (Fsp3) is 0.659. The number of hydrogen-bond acceptors (Lipinski definition) is 13. The minimum atomic E-state index is -1.24. The summed E-state index contributed by atoms with van der Waals surface area (Å²) in [6.45, 7) is 10.5. The van der Waals surface area contributed by atoms with Crippen LogP contribution in [0.15, 0.2) is 60.3 Å². The van der Waals surface area contributed by atoms with Crippen LogP contribution in [-0.4, -0.2) is 135 Å². The van der Waals surface area contributed by atoms with Crippen molar-refractivity contribution in [1.29, 1.82) is 0 Å². The number of esters is 1. The number of ketones is 1. The first-order valence-corrected chi connectivity index (χ1v) is 19.6. The second-order valence-electron chi connectivity index (χ2n) is 15.5. The molecule has 14 nitrogen and oxygen atoms in total. The first-order chi connectivity index (χ1) is 26.2. The Morgan fingerprint density at radius 1 is 1.04 bits per heavy atom. The lowest BCUT2D eigenvalue weighted by Crippen LogP contribution is -2.63. The van der Waals surface area contributed by atoms with Crippen molar-refractivity contribution in [3.8, 4) is 11.3 Å². The van der Waals surface area contributed by atoms with Gasteiger partial charge in [-0.1, -0.05) is 74.0 Å². The average molecular weight is 770 g/mol. The number of allylic oxidation sites excluding steroid dienone is 3. The van der Waals surface area contributed by atoms with Gasteiger partial charge in [0.1, 0.15) is 17.9 Å². The third kappa shape index (κ3) is 12.3. The zero-order chi connectivity index (χ0) is 40.2. The Hall–Kier alpha value is -3.34. The van der Waals surface area contributed by atoms with Gasteiger partial charge >= 0.3 is 5.97 Å². The van der Waals surface area contributed by atoms with Crippen LogP contribution in [0.2, 0.25) is 0 Å². The number of hydrogen-bond donors (Lipinski definition) is 5. The molecule has 4 rings (SSSR count). The first kappa shape index (κ1) is 44.4. The predicted molar refractivity (Wildman–Crippen MR) is 207 cm³/mol. The lowest BCUT2D eigenvalue weighted by atomic mass is 9.79. The van der Waals surface area contributed by atoms with E-state index in [4.69, 9.17) is 14.2 Å². The number of nitrogens with zero attached hydrogens (tertiary/aromatic N) is 4. The number of aliphatic hydroxyl groups is 4. The van der Waals surface area contributed by atoms with Crippen LogP contribution in [0.3, 0.4) is 0 Å². The van der Waals surface area contributed by atoms with Gasteiger partial charge in [-0.2, -0.15) is 0 Å². The number of carbonyl (C=O) groups excluding carboxylic acids is 2. The minimum absolute atomic E-state index is 0.0949. The molecule has 5 N–H and O–H groups in total. The molecule has 12 atom stereocenters. The number of benzene rings is 1. The zero-order valence-corrected chi connectivity index (χ0v) is 33.4. The number of ether oxygens (including phenoxy) is 3. The van der Waals surface area contributed by atoms with E-state index in [0.717, 1.165) is 16.8 Å². The number of aliphatic hydroxyl groups excluding tert-OH is 4. The lowest BCUT2D eigenvalue weighted by Gasteiger charge is -2.46. The highest BCUT2D eigenvalue weighted by Crippen LogP contribution is 2.34. The lowest BCUT2D eigenvalue weighted by molar-refractivity contribution is -0.304. The smallest absolute Gasteiger partial charge is 0.308 e. The quantitative estimate of drug-likeness (QED) is 0.157. The monoisotopic (exact) mass is 769 g/mol. The van der Waals surface area contributed by atoms with E-state index in [-0.39, 0.29) is 24.7 Å². The molecule has 2 aromatic rings. The topological polar surface area (TPSA) is 189 Å². The van der Waals surface area contributed by atoms with E-state index in [1.807, 2.05) is 57.3 Å². The molecule has 1 aromatic heterocycles. The number of aromatic nitrogens is 3. The summed E-state index contributed by atoms with van der Waals surface area (Å²) < 4.78 is 20.3. The molecule has 1 saturated heterocycles. The summed E-state index contributed by atoms with van der Waals surface area (Å²) >= 11 is 0. The molecule has 0 spiro atoms. The van der Waals surface area contributed by atoms with Crippen LogP contribution in [0, 0.1) is 23.7 Å². The summed E-state index contributed by atoms with van der Waals surface area (Å²) in [5.74, 6) is -2.67. The van der Waals surface area contributed by atoms with Gasteiger partial charge in [0, 0.05) is 29.9 Å². The molecule has 0 bridgehead atoms. The highest BCUT2D eigenvalue weighted by atomic mass is 16.7. The maximum absolute atomic E-state index is 13.6. The highest BCUT2D eigenvalue weighted by Gasteiger charge is 2.47. The van der Waals surface area contributed by atoms with E-state index < -0.39 is 72.7 Å². The molecule has 1 fully saturated rings. The van der Waals surface area contributed by atoms with Crippen molar-refractivity contribution in [2.45, 2.75) is 116 Å². The Labute approximate surface area is 325 Å². The van der Waals surface area contributed by atoms with Crippen LogP contribution in [0.25, 0.3) is 11.3 Å². The average Bonchev–Trinajstić information content (AvgIpc) is 3.64. The van der Waals surface area contributed by atoms with Crippen LogP contribution in [0.5, 0.6) is 0 Å². The maximum Gasteiger partial charge on any atom is 0.308 e. The molecule has 3 heterocycles. The normalized spacial score (nSPS) is 34.6. The van der Waals surface area contributed by atoms with E-state index in [1.165, 1.54) is 6.08 Å². The van der Waals surface area contributed by atoms with Gasteiger partial charge in [0.05, 0.1) is 56.2 Å². The van der Waals surface area contributed by atoms with Gasteiger partial charge in [-0.05, 0) is 65.7 Å². The van der Waals surface area contributed by atoms with Gasteiger partial charge in [-0.15, -0.1) is 5.10 Å². The third-order valence-corrected chi connectivity index (χ3v) is 11.0. The molecule has 2 aliphatic heterocycles. The molecule has 306 valence electrons. The SMILES string of the molecule is CC[C@H]1OC(=O)C[C@@H](O)[C@H](C)[C@@H](O[C@@H]2O[C@H](C)[C@@H](O)[C@H](N(C)C)[C@H]2O)[C@@H](CCNCCn2cc(-c3ccccc3)nn2)C[C@@H](C)C(=O)/C=C/C(C)=C/[C@@H]1CO. The standard InChI is InChI=1S/C41H63N5O9/c1-8-35-31(24-47)20-25(2)14-15-33(48)26(3)21-30(16-17-42-18-19-46-23-32(43-44-46)29-12-10-9-11-13-29)40(27(4)34(49)22-36(50)54-35)55-41-39(52)37(45(6)7)38(51)28(5)53-41/h9-15,20,23,26-28,30-31,34-35,37-42,47,49,51-52H,8,16-19,21-22,24H2,1-7H3/b15-14+,25-20+/t26-,27+,28-,30+,31-,34-,35-,37+,38-,39-,40-,41+/m1/s1. The number of carbonyl (C=O) groups is 2. The maximum atomic E-state index is 13.6. The molecule has 55 heavy (non-hydrogen) atoms. The summed E-state index contributed by atoms with van der Waals surface area (Å²) in [4.78, 5) is 28.6. The van der Waals surface area contributed by atoms with Gasteiger partial charge in [0.2, 0.25) is 0 Å². The van der Waals surface area contributed by atoms with Crippen LogP contribution in [0.1, 0.15) is 60.3 Å². The molecular formula is C41H63N5O9. The third-order valence-electron chi connectivity index (χ3n) is 11.0. The van der Waals surface area contributed by atoms with Crippen molar-refractivity contribution in [3.05, 3.63) is 60.3 Å². The largest absolute Gasteiger partial charge is 0.462 e. The van der Waals surface area contributed by atoms with E-state index >= 15 is 0 Å². The predicted octanol–water partition coefficient (Wildman–Crippen LogP) is 2.75. The molecule has 2 aliphatic rings. The van der Waals surface area contributed by atoms with Crippen LogP contribution < -0.4 is 5.32 Å². The van der Waals surface area contributed by atoms with E-state index in [1.54, 1.807) is 49.7 Å². The number of nitrogens with one attached hydrogen (secondary N) is 1. The Kier molecular flexibility index (Phi) is 17.2. The van der Waals surface area contributed by atoms with Gasteiger partial charge in [0.15, 0.2) is 12.1 Å². The summed E-state index contributed by atoms with van der Waals surface area (Å²) in [6.07, 6.45) is 1.24. The molecule has 0 saturated carbocycles. The van der Waals surface area contributed by atoms with Crippen molar-refractivity contribution in [3.63, 3.8) is 0 Å². The number of likely N-dealkylation sites (N-methyl/N-ethyl adjacent to an activating group) is 1. The van der Waals surface area contributed by atoms with Crippen molar-refractivity contribution < 1.29 is 44.2 Å².